The van der Waals surface area contributed by atoms with Crippen molar-refractivity contribution in [2.24, 2.45) is 5.92 Å². The zero-order valence-electron chi connectivity index (χ0n) is 12.0. The number of sulfone groups is 1. The minimum absolute atomic E-state index is 0.113. The molecule has 0 fully saturated rings. The summed E-state index contributed by atoms with van der Waals surface area (Å²) in [5, 5.41) is 0. The van der Waals surface area contributed by atoms with Crippen molar-refractivity contribution in [3.8, 4) is 11.5 Å². The first-order valence-corrected chi connectivity index (χ1v) is 8.29. The molecule has 0 radical (unpaired) electrons. The van der Waals surface area contributed by atoms with E-state index in [2.05, 4.69) is 4.74 Å². The lowest BCUT2D eigenvalue weighted by Crippen LogP contribution is -2.22. The molecule has 21 heavy (non-hydrogen) atoms. The van der Waals surface area contributed by atoms with Gasteiger partial charge >= 0.3 is 5.97 Å². The van der Waals surface area contributed by atoms with E-state index in [1.165, 1.54) is 26.2 Å². The Morgan fingerprint density at radius 2 is 1.95 bits per heavy atom. The van der Waals surface area contributed by atoms with Crippen LogP contribution in [-0.4, -0.2) is 40.5 Å². The van der Waals surface area contributed by atoms with Gasteiger partial charge in [0, 0.05) is 12.5 Å². The van der Waals surface area contributed by atoms with Gasteiger partial charge in [-0.2, -0.15) is 0 Å². The molecule has 0 N–H and O–H groups in total. The largest absolute Gasteiger partial charge is 0.490 e. The molecular weight excluding hydrogens is 296 g/mol. The van der Waals surface area contributed by atoms with E-state index in [0.29, 0.717) is 24.7 Å². The monoisotopic (exact) mass is 314 g/mol. The molecule has 0 amide bonds. The van der Waals surface area contributed by atoms with Gasteiger partial charge in [0.15, 0.2) is 21.3 Å². The molecule has 0 saturated heterocycles. The Kier molecular flexibility index (Phi) is 4.72. The summed E-state index contributed by atoms with van der Waals surface area (Å²) in [6.45, 7) is 2.54. The number of benzene rings is 1. The van der Waals surface area contributed by atoms with Crippen molar-refractivity contribution in [3.05, 3.63) is 18.2 Å². The second-order valence-corrected chi connectivity index (χ2v) is 6.90. The fourth-order valence-corrected chi connectivity index (χ4v) is 3.58. The predicted octanol–water partition coefficient (Wildman–Crippen LogP) is 1.43. The SMILES string of the molecule is COC(=O)C(C)CS(=O)(=O)c1ccc2c(c1)OCCCO2. The number of methoxy groups -OCH3 is 1. The van der Waals surface area contributed by atoms with Crippen molar-refractivity contribution in [2.75, 3.05) is 26.1 Å². The van der Waals surface area contributed by atoms with Crippen molar-refractivity contribution < 1.29 is 27.4 Å². The van der Waals surface area contributed by atoms with E-state index in [0.717, 1.165) is 6.42 Å². The number of rotatable bonds is 4. The lowest BCUT2D eigenvalue weighted by atomic mass is 10.2. The summed E-state index contributed by atoms with van der Waals surface area (Å²) < 4.78 is 40.1. The van der Waals surface area contributed by atoms with E-state index < -0.39 is 21.7 Å². The molecule has 2 rings (SSSR count). The Labute approximate surface area is 123 Å². The highest BCUT2D eigenvalue weighted by atomic mass is 32.2. The number of esters is 1. The van der Waals surface area contributed by atoms with Crippen molar-refractivity contribution in [3.63, 3.8) is 0 Å². The van der Waals surface area contributed by atoms with E-state index in [9.17, 15) is 13.2 Å². The standard InChI is InChI=1S/C14H18O6S/c1-10(14(15)18-2)9-21(16,17)11-4-5-12-13(8-11)20-7-3-6-19-12/h4-5,8,10H,3,6-7,9H2,1-2H3. The molecule has 6 nitrogen and oxygen atoms in total. The first kappa shape index (κ1) is 15.6. The van der Waals surface area contributed by atoms with Crippen LogP contribution in [0, 0.1) is 5.92 Å². The van der Waals surface area contributed by atoms with Gasteiger partial charge in [-0.1, -0.05) is 6.92 Å². The number of hydrogen-bond acceptors (Lipinski definition) is 6. The Morgan fingerprint density at radius 1 is 1.29 bits per heavy atom. The Bertz CT molecular complexity index is 622. The molecule has 1 unspecified atom stereocenters. The van der Waals surface area contributed by atoms with Crippen LogP contribution in [0.4, 0.5) is 0 Å². The summed E-state index contributed by atoms with van der Waals surface area (Å²) in [4.78, 5) is 11.5. The molecule has 1 aromatic rings. The van der Waals surface area contributed by atoms with Crippen LogP contribution in [0.5, 0.6) is 11.5 Å². The van der Waals surface area contributed by atoms with Crippen LogP contribution in [0.25, 0.3) is 0 Å². The van der Waals surface area contributed by atoms with E-state index in [-0.39, 0.29) is 10.6 Å². The van der Waals surface area contributed by atoms with Crippen LogP contribution >= 0.6 is 0 Å². The Hall–Kier alpha value is -1.76. The summed E-state index contributed by atoms with van der Waals surface area (Å²) in [5.74, 6) is -0.630. The maximum atomic E-state index is 12.3. The zero-order chi connectivity index (χ0) is 15.5. The van der Waals surface area contributed by atoms with Crippen molar-refractivity contribution in [2.45, 2.75) is 18.2 Å². The van der Waals surface area contributed by atoms with Gasteiger partial charge in [-0.3, -0.25) is 4.79 Å². The molecule has 1 aliphatic heterocycles. The number of carbonyl (C=O) groups excluding carboxylic acids is 1. The smallest absolute Gasteiger partial charge is 0.309 e. The van der Waals surface area contributed by atoms with Gasteiger partial charge in [0.2, 0.25) is 0 Å². The molecule has 1 aliphatic rings. The van der Waals surface area contributed by atoms with Crippen LogP contribution in [-0.2, 0) is 19.4 Å². The molecule has 116 valence electrons. The molecule has 0 saturated carbocycles. The summed E-state index contributed by atoms with van der Waals surface area (Å²) in [6, 6.07) is 4.49. The lowest BCUT2D eigenvalue weighted by Gasteiger charge is -2.12. The van der Waals surface area contributed by atoms with Gasteiger partial charge in [0.1, 0.15) is 0 Å². The van der Waals surface area contributed by atoms with Gasteiger partial charge in [0.05, 0.1) is 36.9 Å². The van der Waals surface area contributed by atoms with Gasteiger partial charge in [-0.15, -0.1) is 0 Å². The molecule has 7 heteroatoms. The van der Waals surface area contributed by atoms with Crippen LogP contribution in [0.2, 0.25) is 0 Å². The maximum Gasteiger partial charge on any atom is 0.309 e. The molecule has 1 heterocycles. The minimum atomic E-state index is -3.60. The summed E-state index contributed by atoms with van der Waals surface area (Å²) in [5.41, 5.74) is 0. The topological polar surface area (TPSA) is 78.9 Å². The average Bonchev–Trinajstić information content (AvgIpc) is 2.70. The first-order chi connectivity index (χ1) is 9.94. The first-order valence-electron chi connectivity index (χ1n) is 6.64. The van der Waals surface area contributed by atoms with Crippen LogP contribution in [0.15, 0.2) is 23.1 Å². The fourth-order valence-electron chi connectivity index (χ4n) is 2.03. The third-order valence-corrected chi connectivity index (χ3v) is 5.06. The molecule has 0 spiro atoms. The summed E-state index contributed by atoms with van der Waals surface area (Å²) >= 11 is 0. The Balaban J connectivity index is 2.24. The highest BCUT2D eigenvalue weighted by molar-refractivity contribution is 7.91. The quantitative estimate of drug-likeness (QED) is 0.782. The van der Waals surface area contributed by atoms with Crippen molar-refractivity contribution >= 4 is 15.8 Å². The van der Waals surface area contributed by atoms with E-state index in [1.54, 1.807) is 6.07 Å². The molecular formula is C14H18O6S. The van der Waals surface area contributed by atoms with Gasteiger partial charge in [-0.25, -0.2) is 8.42 Å². The highest BCUT2D eigenvalue weighted by Crippen LogP contribution is 2.32. The molecule has 1 atom stereocenters. The number of carbonyl (C=O) groups is 1. The lowest BCUT2D eigenvalue weighted by molar-refractivity contribution is -0.144. The van der Waals surface area contributed by atoms with Crippen molar-refractivity contribution in [1.29, 1.82) is 0 Å². The van der Waals surface area contributed by atoms with E-state index >= 15 is 0 Å². The maximum absolute atomic E-state index is 12.3. The third-order valence-electron chi connectivity index (χ3n) is 3.15. The second kappa shape index (κ2) is 6.34. The molecule has 1 aromatic carbocycles. The fraction of sp³-hybridized carbons (Fsp3) is 0.500. The normalized spacial score (nSPS) is 15.9. The van der Waals surface area contributed by atoms with Crippen molar-refractivity contribution in [1.82, 2.24) is 0 Å². The average molecular weight is 314 g/mol. The zero-order valence-corrected chi connectivity index (χ0v) is 12.8. The van der Waals surface area contributed by atoms with Gasteiger partial charge in [0.25, 0.3) is 0 Å². The second-order valence-electron chi connectivity index (χ2n) is 4.86. The molecule has 0 aromatic heterocycles. The van der Waals surface area contributed by atoms with Crippen LogP contribution in [0.1, 0.15) is 13.3 Å². The van der Waals surface area contributed by atoms with Gasteiger partial charge in [-0.05, 0) is 12.1 Å². The number of fused-ring (bicyclic) bond motifs is 1. The van der Waals surface area contributed by atoms with E-state index in [1.807, 2.05) is 0 Å². The minimum Gasteiger partial charge on any atom is -0.490 e. The van der Waals surface area contributed by atoms with Crippen LogP contribution in [0.3, 0.4) is 0 Å². The molecule has 0 aliphatic carbocycles. The highest BCUT2D eigenvalue weighted by Gasteiger charge is 2.25. The third kappa shape index (κ3) is 3.66. The number of hydrogen-bond donors (Lipinski definition) is 0. The van der Waals surface area contributed by atoms with Crippen LogP contribution < -0.4 is 9.47 Å². The van der Waals surface area contributed by atoms with E-state index in [4.69, 9.17) is 9.47 Å². The summed E-state index contributed by atoms with van der Waals surface area (Å²) in [7, 11) is -2.36. The number of ether oxygens (including phenoxy) is 3. The molecule has 0 bridgehead atoms. The Morgan fingerprint density at radius 3 is 2.62 bits per heavy atom. The summed E-state index contributed by atoms with van der Waals surface area (Å²) in [6.07, 6.45) is 0.746. The predicted molar refractivity (Wildman–Crippen MR) is 75.3 cm³/mol. The van der Waals surface area contributed by atoms with Gasteiger partial charge < -0.3 is 14.2 Å².